The monoisotopic (exact) mass is 387 g/mol. The van der Waals surface area contributed by atoms with Crippen LogP contribution in [0.25, 0.3) is 0 Å². The van der Waals surface area contributed by atoms with E-state index in [2.05, 4.69) is 68.9 Å². The molecule has 1 aromatic heterocycles. The van der Waals surface area contributed by atoms with Crippen LogP contribution in [0.2, 0.25) is 0 Å². The van der Waals surface area contributed by atoms with Crippen molar-refractivity contribution in [1.82, 2.24) is 24.8 Å². The van der Waals surface area contributed by atoms with Crippen molar-refractivity contribution in [3.63, 3.8) is 0 Å². The van der Waals surface area contributed by atoms with E-state index in [1.165, 1.54) is 0 Å². The quantitative estimate of drug-likeness (QED) is 0.321. The van der Waals surface area contributed by atoms with Gasteiger partial charge in [-0.15, -0.1) is 0 Å². The summed E-state index contributed by atoms with van der Waals surface area (Å²) in [6.45, 7) is 3.60. The van der Waals surface area contributed by atoms with Crippen molar-refractivity contribution in [1.29, 1.82) is 0 Å². The zero-order valence-electron chi connectivity index (χ0n) is 17.4. The van der Waals surface area contributed by atoms with E-state index in [9.17, 15) is 0 Å². The van der Waals surface area contributed by atoms with Gasteiger partial charge < -0.3 is 31.5 Å². The number of anilines is 5. The number of aromatic nitrogens is 3. The number of nitrogens with two attached hydrogens (primary N) is 1. The zero-order chi connectivity index (χ0) is 20.4. The molecule has 2 rings (SSSR count). The van der Waals surface area contributed by atoms with Crippen LogP contribution in [0.1, 0.15) is 12.8 Å². The lowest BCUT2D eigenvalue weighted by molar-refractivity contribution is 0.405. The van der Waals surface area contributed by atoms with Crippen molar-refractivity contribution < 1.29 is 0 Å². The first kappa shape index (κ1) is 21.6. The highest BCUT2D eigenvalue weighted by molar-refractivity contribution is 5.58. The van der Waals surface area contributed by atoms with E-state index < -0.39 is 0 Å². The molecule has 154 valence electrons. The minimum atomic E-state index is 0.491. The molecule has 0 fully saturated rings. The van der Waals surface area contributed by atoms with E-state index in [1.54, 1.807) is 0 Å². The molecule has 0 spiro atoms. The molecule has 9 heteroatoms. The first-order valence-electron chi connectivity index (χ1n) is 9.58. The van der Waals surface area contributed by atoms with Crippen LogP contribution in [0.5, 0.6) is 0 Å². The summed E-state index contributed by atoms with van der Waals surface area (Å²) in [6.07, 6.45) is 2.01. The Morgan fingerprint density at radius 1 is 0.750 bits per heavy atom. The number of benzene rings is 1. The number of rotatable bonds is 12. The molecule has 0 aliphatic heterocycles. The molecule has 28 heavy (non-hydrogen) atoms. The highest BCUT2D eigenvalue weighted by Gasteiger charge is 2.07. The molecule has 0 saturated heterocycles. The maximum atomic E-state index is 5.75. The second-order valence-corrected chi connectivity index (χ2v) is 7.22. The number of hydrogen-bond donors (Lipinski definition) is 4. The van der Waals surface area contributed by atoms with E-state index in [0.29, 0.717) is 23.5 Å². The van der Waals surface area contributed by atoms with Gasteiger partial charge in [-0.2, -0.15) is 15.0 Å². The molecular formula is C19H33N9. The Labute approximate surface area is 167 Å². The summed E-state index contributed by atoms with van der Waals surface area (Å²) in [6, 6.07) is 7.47. The molecule has 1 heterocycles. The average Bonchev–Trinajstić information content (AvgIpc) is 2.64. The Hall–Kier alpha value is -2.65. The predicted molar refractivity (Wildman–Crippen MR) is 117 cm³/mol. The van der Waals surface area contributed by atoms with Crippen molar-refractivity contribution in [2.45, 2.75) is 12.8 Å². The Morgan fingerprint density at radius 2 is 1.21 bits per heavy atom. The third kappa shape index (κ3) is 8.36. The van der Waals surface area contributed by atoms with Crippen molar-refractivity contribution in [2.24, 2.45) is 0 Å². The summed E-state index contributed by atoms with van der Waals surface area (Å²) in [5.74, 6) is 1.61. The minimum absolute atomic E-state index is 0.491. The summed E-state index contributed by atoms with van der Waals surface area (Å²) in [5, 5.41) is 9.79. The maximum absolute atomic E-state index is 5.75. The summed E-state index contributed by atoms with van der Waals surface area (Å²) >= 11 is 0. The molecule has 0 radical (unpaired) electrons. The standard InChI is InChI=1S/C19H33N9/c1-27(2)13-5-11-21-17-24-18(22-12-6-14-28(3)4)26-19(25-17)23-16-9-7-15(20)8-10-16/h7-10H,5-6,11-14,20H2,1-4H3,(H3,21,22,23,24,25,26). The fraction of sp³-hybridized carbons (Fsp3) is 0.526. The molecule has 2 aromatic rings. The van der Waals surface area contributed by atoms with Gasteiger partial charge in [-0.25, -0.2) is 0 Å². The third-order valence-electron chi connectivity index (χ3n) is 3.93. The third-order valence-corrected chi connectivity index (χ3v) is 3.93. The highest BCUT2D eigenvalue weighted by atomic mass is 15.3. The van der Waals surface area contributed by atoms with E-state index in [1.807, 2.05) is 24.3 Å². The second kappa shape index (κ2) is 11.3. The van der Waals surface area contributed by atoms with Gasteiger partial charge in [0.25, 0.3) is 0 Å². The van der Waals surface area contributed by atoms with Gasteiger partial charge in [0.2, 0.25) is 17.8 Å². The lowest BCUT2D eigenvalue weighted by Gasteiger charge is -2.13. The molecule has 5 N–H and O–H groups in total. The van der Waals surface area contributed by atoms with Gasteiger partial charge in [0.15, 0.2) is 0 Å². The smallest absolute Gasteiger partial charge is 0.233 e. The topological polar surface area (TPSA) is 107 Å². The van der Waals surface area contributed by atoms with Gasteiger partial charge in [0, 0.05) is 24.5 Å². The fourth-order valence-electron chi connectivity index (χ4n) is 2.48. The van der Waals surface area contributed by atoms with Crippen molar-refractivity contribution in [2.75, 3.05) is 76.1 Å². The number of hydrogen-bond acceptors (Lipinski definition) is 9. The summed E-state index contributed by atoms with van der Waals surface area (Å²) in [5.41, 5.74) is 7.34. The molecule has 0 aliphatic rings. The predicted octanol–water partition coefficient (Wildman–Crippen LogP) is 1.92. The van der Waals surface area contributed by atoms with Gasteiger partial charge in [-0.1, -0.05) is 0 Å². The van der Waals surface area contributed by atoms with Crippen molar-refractivity contribution in [3.05, 3.63) is 24.3 Å². The van der Waals surface area contributed by atoms with Gasteiger partial charge >= 0.3 is 0 Å². The summed E-state index contributed by atoms with van der Waals surface area (Å²) in [4.78, 5) is 17.8. The first-order valence-corrected chi connectivity index (χ1v) is 9.58. The van der Waals surface area contributed by atoms with Crippen LogP contribution >= 0.6 is 0 Å². The fourth-order valence-corrected chi connectivity index (χ4v) is 2.48. The molecule has 0 amide bonds. The first-order chi connectivity index (χ1) is 13.4. The molecular weight excluding hydrogens is 354 g/mol. The van der Waals surface area contributed by atoms with Gasteiger partial charge in [0.05, 0.1) is 0 Å². The number of nitrogens with one attached hydrogen (secondary N) is 3. The number of nitrogen functional groups attached to an aromatic ring is 1. The lowest BCUT2D eigenvalue weighted by Crippen LogP contribution is -2.19. The average molecular weight is 388 g/mol. The Morgan fingerprint density at radius 3 is 1.68 bits per heavy atom. The Kier molecular flexibility index (Phi) is 8.70. The molecule has 0 saturated carbocycles. The van der Waals surface area contributed by atoms with E-state index in [0.717, 1.165) is 44.7 Å². The van der Waals surface area contributed by atoms with Gasteiger partial charge in [0.1, 0.15) is 0 Å². The molecule has 0 unspecified atom stereocenters. The van der Waals surface area contributed by atoms with Crippen molar-refractivity contribution in [3.8, 4) is 0 Å². The Balaban J connectivity index is 2.04. The SMILES string of the molecule is CN(C)CCCNc1nc(NCCCN(C)C)nc(Nc2ccc(N)cc2)n1. The lowest BCUT2D eigenvalue weighted by atomic mass is 10.3. The van der Waals surface area contributed by atoms with Crippen LogP contribution in [0, 0.1) is 0 Å². The maximum Gasteiger partial charge on any atom is 0.233 e. The molecule has 0 atom stereocenters. The van der Waals surface area contributed by atoms with E-state index in [-0.39, 0.29) is 0 Å². The normalized spacial score (nSPS) is 11.1. The molecule has 0 bridgehead atoms. The minimum Gasteiger partial charge on any atom is -0.399 e. The van der Waals surface area contributed by atoms with Gasteiger partial charge in [-0.05, 0) is 78.4 Å². The summed E-state index contributed by atoms with van der Waals surface area (Å²) < 4.78 is 0. The Bertz CT molecular complexity index is 667. The summed E-state index contributed by atoms with van der Waals surface area (Å²) in [7, 11) is 8.25. The van der Waals surface area contributed by atoms with Crippen LogP contribution in [0.15, 0.2) is 24.3 Å². The zero-order valence-corrected chi connectivity index (χ0v) is 17.4. The van der Waals surface area contributed by atoms with Crippen LogP contribution in [-0.2, 0) is 0 Å². The largest absolute Gasteiger partial charge is 0.399 e. The molecule has 9 nitrogen and oxygen atoms in total. The highest BCUT2D eigenvalue weighted by Crippen LogP contribution is 2.17. The molecule has 0 aliphatic carbocycles. The van der Waals surface area contributed by atoms with Crippen LogP contribution in [0.4, 0.5) is 29.2 Å². The van der Waals surface area contributed by atoms with Crippen LogP contribution in [0.3, 0.4) is 0 Å². The van der Waals surface area contributed by atoms with Gasteiger partial charge in [-0.3, -0.25) is 0 Å². The van der Waals surface area contributed by atoms with E-state index in [4.69, 9.17) is 5.73 Å². The second-order valence-electron chi connectivity index (χ2n) is 7.22. The van der Waals surface area contributed by atoms with Crippen LogP contribution in [-0.4, -0.2) is 79.1 Å². The number of nitrogens with zero attached hydrogens (tertiary/aromatic N) is 5. The van der Waals surface area contributed by atoms with Crippen molar-refractivity contribution >= 4 is 29.2 Å². The van der Waals surface area contributed by atoms with Crippen LogP contribution < -0.4 is 21.7 Å². The molecule has 1 aromatic carbocycles. The van der Waals surface area contributed by atoms with E-state index >= 15 is 0 Å².